The highest BCUT2D eigenvalue weighted by molar-refractivity contribution is 7.22. The zero-order chi connectivity index (χ0) is 29.9. The Kier molecular flexibility index (Phi) is 9.08. The van der Waals surface area contributed by atoms with E-state index >= 15 is 0 Å². The van der Waals surface area contributed by atoms with Gasteiger partial charge in [-0.25, -0.2) is 15.0 Å². The lowest BCUT2D eigenvalue weighted by Crippen LogP contribution is -2.41. The predicted molar refractivity (Wildman–Crippen MR) is 159 cm³/mol. The average Bonchev–Trinajstić information content (AvgIpc) is 3.34. The minimum Gasteiger partial charge on any atom is -0.437 e. The lowest BCUT2D eigenvalue weighted by molar-refractivity contribution is -0.137. The summed E-state index contributed by atoms with van der Waals surface area (Å²) in [4.78, 5) is 27.1. The summed E-state index contributed by atoms with van der Waals surface area (Å²) in [6.45, 7) is 7.83. The second-order valence-corrected chi connectivity index (χ2v) is 12.1. The smallest absolute Gasteiger partial charge is 0.416 e. The maximum absolute atomic E-state index is 13.7. The van der Waals surface area contributed by atoms with Crippen LogP contribution in [0.3, 0.4) is 0 Å². The molecule has 4 aromatic rings. The Balaban J connectivity index is 1.43. The number of fused-ring (bicyclic) bond motifs is 1. The molecule has 1 fully saturated rings. The molecule has 2 aromatic heterocycles. The van der Waals surface area contributed by atoms with E-state index in [2.05, 4.69) is 39.0 Å². The molecular formula is C31H34F3N5O2S. The number of benzene rings is 2. The van der Waals surface area contributed by atoms with Crippen molar-refractivity contribution >= 4 is 32.6 Å². The zero-order valence-electron chi connectivity index (χ0n) is 23.9. The minimum atomic E-state index is -4.44. The van der Waals surface area contributed by atoms with Crippen LogP contribution < -0.4 is 10.1 Å². The maximum Gasteiger partial charge on any atom is 0.416 e. The molecule has 0 aliphatic carbocycles. The SMILES string of the molecule is CC(=O)Nc1nc2c(Oc3cc(-c4ccc(C(F)(F)F)cc4CC[C@@H]4CCCCN4CC(C)C)ncn3)cccc2s1. The molecule has 1 aliphatic heterocycles. The quantitative estimate of drug-likeness (QED) is 0.211. The van der Waals surface area contributed by atoms with E-state index in [4.69, 9.17) is 4.74 Å². The fourth-order valence-corrected chi connectivity index (χ4v) is 6.44. The Morgan fingerprint density at radius 1 is 1.17 bits per heavy atom. The van der Waals surface area contributed by atoms with Gasteiger partial charge in [0, 0.05) is 31.1 Å². The highest BCUT2D eigenvalue weighted by atomic mass is 32.1. The van der Waals surface area contributed by atoms with Gasteiger partial charge in [0.2, 0.25) is 11.8 Å². The Labute approximate surface area is 247 Å². The molecule has 222 valence electrons. The number of anilines is 1. The number of piperidine rings is 1. The standard InChI is InChI=1S/C31H34F3N5O2S/c1-19(2)17-39-14-5-4-7-23(39)12-10-21-15-22(31(32,33)34)11-13-24(21)25-16-28(36-18-35-25)41-26-8-6-9-27-29(26)38-30(42-27)37-20(3)40/h6,8-9,11,13,15-16,18-19,23H,4-5,7,10,12,14,17H2,1-3H3,(H,37,38,40)/t23-/m0/s1. The summed E-state index contributed by atoms with van der Waals surface area (Å²) >= 11 is 1.32. The molecule has 1 N–H and O–H groups in total. The van der Waals surface area contributed by atoms with Gasteiger partial charge in [-0.1, -0.05) is 43.7 Å². The molecule has 0 radical (unpaired) electrons. The van der Waals surface area contributed by atoms with Crippen molar-refractivity contribution in [1.82, 2.24) is 19.9 Å². The summed E-state index contributed by atoms with van der Waals surface area (Å²) in [7, 11) is 0. The number of amides is 1. The van der Waals surface area contributed by atoms with Gasteiger partial charge in [0.15, 0.2) is 10.9 Å². The van der Waals surface area contributed by atoms with Crippen LogP contribution in [0, 0.1) is 5.92 Å². The van der Waals surface area contributed by atoms with Crippen LogP contribution in [-0.4, -0.2) is 44.9 Å². The Bertz CT molecular complexity index is 1560. The molecule has 3 heterocycles. The Morgan fingerprint density at radius 3 is 2.76 bits per heavy atom. The number of hydrogen-bond donors (Lipinski definition) is 1. The number of nitrogens with one attached hydrogen (secondary N) is 1. The summed E-state index contributed by atoms with van der Waals surface area (Å²) in [5.41, 5.74) is 1.61. The lowest BCUT2D eigenvalue weighted by atomic mass is 9.91. The first-order chi connectivity index (χ1) is 20.1. The average molecular weight is 598 g/mol. The van der Waals surface area contributed by atoms with Crippen LogP contribution in [0.5, 0.6) is 11.6 Å². The number of ether oxygens (including phenoxy) is 1. The summed E-state index contributed by atoms with van der Waals surface area (Å²) in [5.74, 6) is 0.990. The third kappa shape index (κ3) is 7.25. The number of alkyl halides is 3. The van der Waals surface area contributed by atoms with Gasteiger partial charge in [0.1, 0.15) is 11.8 Å². The van der Waals surface area contributed by atoms with Crippen LogP contribution in [0.1, 0.15) is 57.6 Å². The van der Waals surface area contributed by atoms with Crippen molar-refractivity contribution in [3.05, 3.63) is 59.9 Å². The van der Waals surface area contributed by atoms with Crippen molar-refractivity contribution in [1.29, 1.82) is 0 Å². The molecule has 1 amide bonds. The number of hydrogen-bond acceptors (Lipinski definition) is 7. The number of nitrogens with zero attached hydrogens (tertiary/aromatic N) is 4. The van der Waals surface area contributed by atoms with Crippen LogP contribution in [-0.2, 0) is 17.4 Å². The molecular weight excluding hydrogens is 563 g/mol. The molecule has 42 heavy (non-hydrogen) atoms. The molecule has 1 aliphatic rings. The van der Waals surface area contributed by atoms with E-state index in [1.54, 1.807) is 12.1 Å². The van der Waals surface area contributed by atoms with E-state index in [0.29, 0.717) is 51.6 Å². The summed E-state index contributed by atoms with van der Waals surface area (Å²) in [6, 6.07) is 11.3. The number of para-hydroxylation sites is 1. The highest BCUT2D eigenvalue weighted by Gasteiger charge is 2.31. The van der Waals surface area contributed by atoms with Crippen molar-refractivity contribution < 1.29 is 22.7 Å². The van der Waals surface area contributed by atoms with Crippen molar-refractivity contribution in [2.45, 2.75) is 65.1 Å². The van der Waals surface area contributed by atoms with Crippen molar-refractivity contribution in [2.24, 2.45) is 5.92 Å². The topological polar surface area (TPSA) is 80.2 Å². The van der Waals surface area contributed by atoms with Crippen LogP contribution in [0.4, 0.5) is 18.3 Å². The first-order valence-corrected chi connectivity index (χ1v) is 15.0. The molecule has 2 aromatic carbocycles. The summed E-state index contributed by atoms with van der Waals surface area (Å²) in [5, 5.41) is 3.14. The van der Waals surface area contributed by atoms with E-state index in [1.165, 1.54) is 36.7 Å². The molecule has 1 saturated heterocycles. The molecule has 0 spiro atoms. The number of likely N-dealkylation sites (tertiary alicyclic amines) is 1. The van der Waals surface area contributed by atoms with E-state index in [0.717, 1.165) is 49.5 Å². The van der Waals surface area contributed by atoms with Crippen molar-refractivity contribution in [3.8, 4) is 22.9 Å². The largest absolute Gasteiger partial charge is 0.437 e. The first-order valence-electron chi connectivity index (χ1n) is 14.2. The van der Waals surface area contributed by atoms with Crippen LogP contribution in [0.2, 0.25) is 0 Å². The third-order valence-corrected chi connectivity index (χ3v) is 8.26. The Hall–Kier alpha value is -3.57. The molecule has 5 rings (SSSR count). The number of halogens is 3. The number of carbonyl (C=O) groups excluding carboxylic acids is 1. The number of carbonyl (C=O) groups is 1. The zero-order valence-corrected chi connectivity index (χ0v) is 24.7. The summed E-state index contributed by atoms with van der Waals surface area (Å²) in [6.07, 6.45) is 1.54. The van der Waals surface area contributed by atoms with Crippen LogP contribution >= 0.6 is 11.3 Å². The number of thiazole rings is 1. The van der Waals surface area contributed by atoms with Gasteiger partial charge in [-0.15, -0.1) is 0 Å². The second-order valence-electron chi connectivity index (χ2n) is 11.1. The van der Waals surface area contributed by atoms with Gasteiger partial charge < -0.3 is 15.0 Å². The van der Waals surface area contributed by atoms with Gasteiger partial charge in [-0.05, 0) is 68.0 Å². The number of aryl methyl sites for hydroxylation is 1. The van der Waals surface area contributed by atoms with Gasteiger partial charge in [-0.2, -0.15) is 13.2 Å². The molecule has 7 nitrogen and oxygen atoms in total. The Morgan fingerprint density at radius 2 is 2.00 bits per heavy atom. The van der Waals surface area contributed by atoms with Crippen molar-refractivity contribution in [3.63, 3.8) is 0 Å². The third-order valence-electron chi connectivity index (χ3n) is 7.33. The lowest BCUT2D eigenvalue weighted by Gasteiger charge is -2.37. The summed E-state index contributed by atoms with van der Waals surface area (Å²) < 4.78 is 48.1. The van der Waals surface area contributed by atoms with E-state index in [9.17, 15) is 18.0 Å². The molecule has 1 atom stereocenters. The minimum absolute atomic E-state index is 0.222. The maximum atomic E-state index is 13.7. The van der Waals surface area contributed by atoms with E-state index < -0.39 is 11.7 Å². The molecule has 0 saturated carbocycles. The van der Waals surface area contributed by atoms with Crippen molar-refractivity contribution in [2.75, 3.05) is 18.4 Å². The normalized spacial score (nSPS) is 16.2. The number of aromatic nitrogens is 3. The van der Waals surface area contributed by atoms with Gasteiger partial charge in [0.05, 0.1) is 16.0 Å². The number of rotatable bonds is 9. The molecule has 11 heteroatoms. The van der Waals surface area contributed by atoms with Gasteiger partial charge in [0.25, 0.3) is 0 Å². The monoisotopic (exact) mass is 597 g/mol. The first kappa shape index (κ1) is 29.9. The van der Waals surface area contributed by atoms with Crippen LogP contribution in [0.25, 0.3) is 21.5 Å². The van der Waals surface area contributed by atoms with Gasteiger partial charge in [-0.3, -0.25) is 4.79 Å². The van der Waals surface area contributed by atoms with E-state index in [-0.39, 0.29) is 11.8 Å². The van der Waals surface area contributed by atoms with E-state index in [1.807, 2.05) is 12.1 Å². The molecule has 0 bridgehead atoms. The van der Waals surface area contributed by atoms with Crippen LogP contribution in [0.15, 0.2) is 48.8 Å². The predicted octanol–water partition coefficient (Wildman–Crippen LogP) is 7.97. The van der Waals surface area contributed by atoms with Gasteiger partial charge >= 0.3 is 6.18 Å². The fourth-order valence-electron chi connectivity index (χ4n) is 5.51. The second kappa shape index (κ2) is 12.7. The molecule has 0 unspecified atom stereocenters. The fraction of sp³-hybridized carbons (Fsp3) is 0.419. The highest BCUT2D eigenvalue weighted by Crippen LogP contribution is 2.37.